The fourth-order valence-electron chi connectivity index (χ4n) is 1.63. The SMILES string of the molecule is O=[N+]([O-])c1csc2c(Cl)nc(-c3ccncc3)nc12. The third-order valence-corrected chi connectivity index (χ3v) is 3.84. The Kier molecular flexibility index (Phi) is 2.84. The lowest BCUT2D eigenvalue weighted by molar-refractivity contribution is -0.382. The maximum Gasteiger partial charge on any atom is 0.306 e. The molecular weight excluding hydrogens is 288 g/mol. The zero-order chi connectivity index (χ0) is 13.4. The lowest BCUT2D eigenvalue weighted by Crippen LogP contribution is -1.93. The zero-order valence-corrected chi connectivity index (χ0v) is 10.9. The first kappa shape index (κ1) is 11.9. The van der Waals surface area contributed by atoms with Gasteiger partial charge in [-0.3, -0.25) is 15.1 Å². The number of rotatable bonds is 2. The Morgan fingerprint density at radius 2 is 2.00 bits per heavy atom. The van der Waals surface area contributed by atoms with Gasteiger partial charge in [-0.2, -0.15) is 0 Å². The van der Waals surface area contributed by atoms with Crippen LogP contribution in [0, 0.1) is 10.1 Å². The maximum absolute atomic E-state index is 10.9. The lowest BCUT2D eigenvalue weighted by atomic mass is 10.2. The second kappa shape index (κ2) is 4.52. The summed E-state index contributed by atoms with van der Waals surface area (Å²) >= 11 is 7.21. The number of fused-ring (bicyclic) bond motifs is 1. The van der Waals surface area contributed by atoms with E-state index in [-0.39, 0.29) is 16.4 Å². The summed E-state index contributed by atoms with van der Waals surface area (Å²) in [6.07, 6.45) is 3.19. The van der Waals surface area contributed by atoms with Crippen molar-refractivity contribution < 1.29 is 4.92 Å². The lowest BCUT2D eigenvalue weighted by Gasteiger charge is -2.00. The van der Waals surface area contributed by atoms with Crippen LogP contribution in [0.15, 0.2) is 29.9 Å². The molecule has 3 aromatic heterocycles. The summed E-state index contributed by atoms with van der Waals surface area (Å²) in [7, 11) is 0. The predicted octanol–water partition coefficient (Wildman–Crippen LogP) is 3.31. The largest absolute Gasteiger partial charge is 0.306 e. The van der Waals surface area contributed by atoms with E-state index in [1.165, 1.54) is 5.38 Å². The van der Waals surface area contributed by atoms with Gasteiger partial charge in [0.25, 0.3) is 0 Å². The molecule has 0 aliphatic heterocycles. The number of halogens is 1. The van der Waals surface area contributed by atoms with E-state index in [4.69, 9.17) is 11.6 Å². The fourth-order valence-corrected chi connectivity index (χ4v) is 2.77. The Hall–Kier alpha value is -2.12. The van der Waals surface area contributed by atoms with Gasteiger partial charge in [-0.05, 0) is 12.1 Å². The molecule has 0 aliphatic carbocycles. The van der Waals surface area contributed by atoms with E-state index in [0.717, 1.165) is 11.3 Å². The number of aromatic nitrogens is 3. The Balaban J connectivity index is 2.28. The van der Waals surface area contributed by atoms with Crippen LogP contribution in [-0.4, -0.2) is 19.9 Å². The molecule has 3 aromatic rings. The summed E-state index contributed by atoms with van der Waals surface area (Å²) < 4.78 is 0.520. The molecular formula is C11H5ClN4O2S. The highest BCUT2D eigenvalue weighted by molar-refractivity contribution is 7.18. The number of nitro groups is 1. The minimum Gasteiger partial charge on any atom is -0.265 e. The van der Waals surface area contributed by atoms with Crippen LogP contribution >= 0.6 is 22.9 Å². The van der Waals surface area contributed by atoms with Crippen LogP contribution in [0.5, 0.6) is 0 Å². The maximum atomic E-state index is 10.9. The van der Waals surface area contributed by atoms with Gasteiger partial charge in [0.15, 0.2) is 16.5 Å². The molecule has 0 saturated carbocycles. The van der Waals surface area contributed by atoms with Crippen molar-refractivity contribution in [2.24, 2.45) is 0 Å². The normalized spacial score (nSPS) is 10.8. The van der Waals surface area contributed by atoms with Gasteiger partial charge in [0.05, 0.1) is 15.0 Å². The van der Waals surface area contributed by atoms with Crippen LogP contribution in [0.4, 0.5) is 5.69 Å². The first-order chi connectivity index (χ1) is 9.16. The molecule has 0 N–H and O–H groups in total. The van der Waals surface area contributed by atoms with Crippen molar-refractivity contribution in [1.82, 2.24) is 15.0 Å². The molecule has 0 atom stereocenters. The molecule has 0 fully saturated rings. The summed E-state index contributed by atoms with van der Waals surface area (Å²) in [5, 5.41) is 12.6. The molecule has 0 aromatic carbocycles. The zero-order valence-electron chi connectivity index (χ0n) is 9.28. The Morgan fingerprint density at radius 1 is 1.26 bits per heavy atom. The van der Waals surface area contributed by atoms with E-state index in [2.05, 4.69) is 15.0 Å². The number of nitrogens with zero attached hydrogens (tertiary/aromatic N) is 4. The van der Waals surface area contributed by atoms with E-state index in [1.807, 2.05) is 0 Å². The third-order valence-electron chi connectivity index (χ3n) is 2.49. The minimum absolute atomic E-state index is 0.0559. The molecule has 0 unspecified atom stereocenters. The van der Waals surface area contributed by atoms with Crippen LogP contribution in [0.25, 0.3) is 21.6 Å². The van der Waals surface area contributed by atoms with Crippen molar-refractivity contribution in [3.8, 4) is 11.4 Å². The molecule has 0 bridgehead atoms. The van der Waals surface area contributed by atoms with Crippen LogP contribution in [0.2, 0.25) is 5.15 Å². The van der Waals surface area contributed by atoms with Crippen molar-refractivity contribution >= 4 is 38.8 Å². The summed E-state index contributed by atoms with van der Waals surface area (Å²) in [5.41, 5.74) is 0.917. The number of thiophene rings is 1. The summed E-state index contributed by atoms with van der Waals surface area (Å²) in [6, 6.07) is 3.44. The topological polar surface area (TPSA) is 81.8 Å². The molecule has 94 valence electrons. The van der Waals surface area contributed by atoms with E-state index in [9.17, 15) is 10.1 Å². The van der Waals surface area contributed by atoms with Gasteiger partial charge >= 0.3 is 5.69 Å². The Labute approximate surface area is 115 Å². The molecule has 0 spiro atoms. The van der Waals surface area contributed by atoms with Crippen LogP contribution < -0.4 is 0 Å². The highest BCUT2D eigenvalue weighted by Crippen LogP contribution is 2.35. The average molecular weight is 293 g/mol. The number of hydrogen-bond acceptors (Lipinski definition) is 6. The van der Waals surface area contributed by atoms with Crippen molar-refractivity contribution in [2.45, 2.75) is 0 Å². The van der Waals surface area contributed by atoms with Crippen LogP contribution in [0.3, 0.4) is 0 Å². The number of hydrogen-bond donors (Lipinski definition) is 0. The molecule has 0 aliphatic rings. The minimum atomic E-state index is -0.474. The molecule has 0 amide bonds. The highest BCUT2D eigenvalue weighted by atomic mass is 35.5. The molecule has 8 heteroatoms. The molecule has 6 nitrogen and oxygen atoms in total. The quantitative estimate of drug-likeness (QED) is 0.411. The summed E-state index contributed by atoms with van der Waals surface area (Å²) in [4.78, 5) is 22.7. The van der Waals surface area contributed by atoms with E-state index < -0.39 is 4.92 Å². The molecule has 0 saturated heterocycles. The van der Waals surface area contributed by atoms with Gasteiger partial charge in [0.2, 0.25) is 0 Å². The molecule has 19 heavy (non-hydrogen) atoms. The van der Waals surface area contributed by atoms with E-state index in [1.54, 1.807) is 24.5 Å². The van der Waals surface area contributed by atoms with Crippen molar-refractivity contribution in [2.75, 3.05) is 0 Å². The van der Waals surface area contributed by atoms with E-state index in [0.29, 0.717) is 16.1 Å². The third kappa shape index (κ3) is 2.02. The Bertz CT molecular complexity index is 775. The van der Waals surface area contributed by atoms with Gasteiger partial charge in [-0.25, -0.2) is 9.97 Å². The van der Waals surface area contributed by atoms with Gasteiger partial charge in [0, 0.05) is 18.0 Å². The summed E-state index contributed by atoms with van der Waals surface area (Å²) in [5.74, 6) is 0.349. The smallest absolute Gasteiger partial charge is 0.265 e. The van der Waals surface area contributed by atoms with Crippen molar-refractivity contribution in [3.63, 3.8) is 0 Å². The second-order valence-corrected chi connectivity index (χ2v) is 4.87. The Morgan fingerprint density at radius 3 is 2.68 bits per heavy atom. The van der Waals surface area contributed by atoms with Crippen LogP contribution in [-0.2, 0) is 0 Å². The standard InChI is InChI=1S/C11H5ClN4O2S/c12-10-9-8(7(5-19-9)16(17)18)14-11(15-10)6-1-3-13-4-2-6/h1-5H. The second-order valence-electron chi connectivity index (χ2n) is 3.63. The fraction of sp³-hybridized carbons (Fsp3) is 0. The molecule has 0 radical (unpaired) electrons. The van der Waals surface area contributed by atoms with Gasteiger partial charge in [-0.1, -0.05) is 11.6 Å². The predicted molar refractivity (Wildman–Crippen MR) is 72.3 cm³/mol. The van der Waals surface area contributed by atoms with Gasteiger partial charge in [0.1, 0.15) is 0 Å². The highest BCUT2D eigenvalue weighted by Gasteiger charge is 2.20. The van der Waals surface area contributed by atoms with Crippen molar-refractivity contribution in [1.29, 1.82) is 0 Å². The average Bonchev–Trinajstić information content (AvgIpc) is 2.84. The van der Waals surface area contributed by atoms with Gasteiger partial charge in [-0.15, -0.1) is 11.3 Å². The molecule has 3 rings (SSSR count). The molecule has 3 heterocycles. The number of pyridine rings is 1. The van der Waals surface area contributed by atoms with E-state index >= 15 is 0 Å². The van der Waals surface area contributed by atoms with Crippen molar-refractivity contribution in [3.05, 3.63) is 45.2 Å². The first-order valence-electron chi connectivity index (χ1n) is 5.16. The first-order valence-corrected chi connectivity index (χ1v) is 6.42. The summed E-state index contributed by atoms with van der Waals surface area (Å²) in [6.45, 7) is 0. The van der Waals surface area contributed by atoms with Gasteiger partial charge < -0.3 is 0 Å². The monoisotopic (exact) mass is 292 g/mol. The van der Waals surface area contributed by atoms with Crippen LogP contribution in [0.1, 0.15) is 0 Å².